The van der Waals surface area contributed by atoms with Crippen LogP contribution in [0.5, 0.6) is 0 Å². The van der Waals surface area contributed by atoms with Gasteiger partial charge in [0.05, 0.1) is 0 Å². The monoisotopic (exact) mass is 431 g/mol. The van der Waals surface area contributed by atoms with E-state index in [1.807, 2.05) is 6.07 Å². The van der Waals surface area contributed by atoms with Crippen molar-refractivity contribution >= 4 is 6.03 Å². The molecule has 4 nitrogen and oxygen atoms in total. The van der Waals surface area contributed by atoms with Crippen LogP contribution >= 0.6 is 0 Å². The number of aryl methyl sites for hydroxylation is 1. The summed E-state index contributed by atoms with van der Waals surface area (Å²) >= 11 is 0. The highest BCUT2D eigenvalue weighted by Gasteiger charge is 2.43. The molecule has 2 N–H and O–H groups in total. The molecule has 2 atom stereocenters. The normalized spacial score (nSPS) is 26.6. The standard InChI is InChI=1S/C28H37N3O/c32-28(29-19-6-9-21-7-2-1-3-8-21)30-23-14-12-22(13-15-23)18-20-31-26-16-17-27(31)25-11-5-4-10-24(25)26/h1-5,7-8,10-11,22-23,26-27H,6,9,12-20H2,(H2,29,30,32). The average Bonchev–Trinajstić information content (AvgIpc) is 3.38. The van der Waals surface area contributed by atoms with Crippen molar-refractivity contribution < 1.29 is 4.79 Å². The fraction of sp³-hybridized carbons (Fsp3) is 0.536. The van der Waals surface area contributed by atoms with E-state index in [1.165, 1.54) is 44.2 Å². The number of hydrogen-bond donors (Lipinski definition) is 2. The lowest BCUT2D eigenvalue weighted by Crippen LogP contribution is -2.44. The summed E-state index contributed by atoms with van der Waals surface area (Å²) in [6.45, 7) is 1.96. The molecule has 0 aromatic heterocycles. The van der Waals surface area contributed by atoms with E-state index in [1.54, 1.807) is 11.1 Å². The molecule has 2 aliphatic heterocycles. The zero-order valence-electron chi connectivity index (χ0n) is 19.1. The first-order valence-corrected chi connectivity index (χ1v) is 12.7. The number of fused-ring (bicyclic) bond motifs is 5. The van der Waals surface area contributed by atoms with Crippen LogP contribution in [0.1, 0.15) is 80.1 Å². The van der Waals surface area contributed by atoms with Crippen LogP contribution < -0.4 is 10.6 Å². The second-order valence-electron chi connectivity index (χ2n) is 9.97. The number of carbonyl (C=O) groups excluding carboxylic acids is 1. The molecule has 2 unspecified atom stereocenters. The van der Waals surface area contributed by atoms with Gasteiger partial charge >= 0.3 is 6.03 Å². The fourth-order valence-electron chi connectivity index (χ4n) is 6.27. The summed E-state index contributed by atoms with van der Waals surface area (Å²) in [6.07, 6.45) is 10.7. The number of nitrogens with zero attached hydrogens (tertiary/aromatic N) is 1. The van der Waals surface area contributed by atoms with E-state index >= 15 is 0 Å². The van der Waals surface area contributed by atoms with Gasteiger partial charge in [0.2, 0.25) is 0 Å². The molecule has 2 aromatic rings. The van der Waals surface area contributed by atoms with Gasteiger partial charge in [-0.2, -0.15) is 0 Å². The lowest BCUT2D eigenvalue weighted by molar-refractivity contribution is 0.185. The summed E-state index contributed by atoms with van der Waals surface area (Å²) in [5, 5.41) is 6.25. The van der Waals surface area contributed by atoms with Crippen molar-refractivity contribution in [1.82, 2.24) is 15.5 Å². The third-order valence-corrected chi connectivity index (χ3v) is 7.98. The van der Waals surface area contributed by atoms with Gasteiger partial charge in [-0.3, -0.25) is 4.90 Å². The smallest absolute Gasteiger partial charge is 0.315 e. The molecule has 2 bridgehead atoms. The van der Waals surface area contributed by atoms with Crippen molar-refractivity contribution in [3.63, 3.8) is 0 Å². The number of benzene rings is 2. The first-order chi connectivity index (χ1) is 15.8. The van der Waals surface area contributed by atoms with Gasteiger partial charge in [0.15, 0.2) is 0 Å². The van der Waals surface area contributed by atoms with E-state index in [-0.39, 0.29) is 6.03 Å². The van der Waals surface area contributed by atoms with Crippen molar-refractivity contribution in [2.45, 2.75) is 75.9 Å². The van der Waals surface area contributed by atoms with Gasteiger partial charge < -0.3 is 10.6 Å². The Kier molecular flexibility index (Phi) is 6.77. The Balaban J connectivity index is 0.977. The minimum Gasteiger partial charge on any atom is -0.338 e. The summed E-state index contributed by atoms with van der Waals surface area (Å²) in [7, 11) is 0. The van der Waals surface area contributed by atoms with Crippen LogP contribution in [0.3, 0.4) is 0 Å². The largest absolute Gasteiger partial charge is 0.338 e. The lowest BCUT2D eigenvalue weighted by atomic mass is 9.84. The molecule has 0 spiro atoms. The van der Waals surface area contributed by atoms with Crippen LogP contribution in [-0.4, -0.2) is 30.1 Å². The van der Waals surface area contributed by atoms with Crippen LogP contribution in [-0.2, 0) is 6.42 Å². The quantitative estimate of drug-likeness (QED) is 0.522. The summed E-state index contributed by atoms with van der Waals surface area (Å²) in [6, 6.07) is 21.2. The number of carbonyl (C=O) groups is 1. The number of hydrogen-bond acceptors (Lipinski definition) is 2. The highest BCUT2D eigenvalue weighted by Crippen LogP contribution is 2.53. The first kappa shape index (κ1) is 21.5. The molecule has 170 valence electrons. The Morgan fingerprint density at radius 3 is 2.19 bits per heavy atom. The maximum absolute atomic E-state index is 12.3. The van der Waals surface area contributed by atoms with Gasteiger partial charge in [-0.1, -0.05) is 54.6 Å². The molecule has 2 heterocycles. The van der Waals surface area contributed by atoms with Gasteiger partial charge in [-0.25, -0.2) is 4.79 Å². The number of rotatable bonds is 8. The predicted molar refractivity (Wildman–Crippen MR) is 130 cm³/mol. The minimum absolute atomic E-state index is 0.00733. The molecule has 1 saturated carbocycles. The zero-order valence-corrected chi connectivity index (χ0v) is 19.1. The van der Waals surface area contributed by atoms with Crippen molar-refractivity contribution in [3.8, 4) is 0 Å². The fourth-order valence-corrected chi connectivity index (χ4v) is 6.27. The predicted octanol–water partition coefficient (Wildman–Crippen LogP) is 5.76. The molecule has 5 rings (SSSR count). The maximum atomic E-state index is 12.3. The summed E-state index contributed by atoms with van der Waals surface area (Å²) < 4.78 is 0. The molecule has 2 fully saturated rings. The SMILES string of the molecule is O=C(NCCCc1ccccc1)NC1CCC(CCN2C3CCC2c2ccccc23)CC1. The van der Waals surface area contributed by atoms with Gasteiger partial charge in [-0.05, 0) is 86.9 Å². The second kappa shape index (κ2) is 10.1. The Morgan fingerprint density at radius 1 is 0.844 bits per heavy atom. The third-order valence-electron chi connectivity index (χ3n) is 7.98. The van der Waals surface area contributed by atoms with Gasteiger partial charge in [-0.15, -0.1) is 0 Å². The zero-order chi connectivity index (χ0) is 21.8. The minimum atomic E-state index is 0.00733. The van der Waals surface area contributed by atoms with Crippen LogP contribution in [0, 0.1) is 5.92 Å². The van der Waals surface area contributed by atoms with Crippen molar-refractivity contribution in [1.29, 1.82) is 0 Å². The van der Waals surface area contributed by atoms with E-state index in [9.17, 15) is 4.79 Å². The van der Waals surface area contributed by atoms with Crippen LogP contribution in [0.15, 0.2) is 54.6 Å². The van der Waals surface area contributed by atoms with Gasteiger partial charge in [0, 0.05) is 24.7 Å². The highest BCUT2D eigenvalue weighted by molar-refractivity contribution is 5.74. The van der Waals surface area contributed by atoms with Crippen LogP contribution in [0.25, 0.3) is 0 Å². The molecule has 1 saturated heterocycles. The molecular formula is C28H37N3O. The third kappa shape index (κ3) is 4.85. The number of urea groups is 1. The summed E-state index contributed by atoms with van der Waals surface area (Å²) in [4.78, 5) is 15.0. The van der Waals surface area contributed by atoms with Crippen molar-refractivity contribution in [3.05, 3.63) is 71.3 Å². The Hall–Kier alpha value is -2.33. The molecule has 32 heavy (non-hydrogen) atoms. The number of nitrogens with one attached hydrogen (secondary N) is 2. The van der Waals surface area contributed by atoms with Gasteiger partial charge in [0.25, 0.3) is 0 Å². The van der Waals surface area contributed by atoms with Gasteiger partial charge in [0.1, 0.15) is 0 Å². The van der Waals surface area contributed by atoms with Crippen molar-refractivity contribution in [2.75, 3.05) is 13.1 Å². The molecule has 4 heteroatoms. The maximum Gasteiger partial charge on any atom is 0.315 e. The van der Waals surface area contributed by atoms with Crippen LogP contribution in [0.2, 0.25) is 0 Å². The average molecular weight is 432 g/mol. The number of amides is 2. The molecule has 2 amide bonds. The summed E-state index contributed by atoms with van der Waals surface area (Å²) in [5.74, 6) is 0.810. The molecule has 2 aromatic carbocycles. The van der Waals surface area contributed by atoms with E-state index in [0.717, 1.165) is 38.1 Å². The van der Waals surface area contributed by atoms with E-state index in [4.69, 9.17) is 0 Å². The Bertz CT molecular complexity index is 860. The summed E-state index contributed by atoms with van der Waals surface area (Å²) in [5.41, 5.74) is 4.51. The molecule has 0 radical (unpaired) electrons. The first-order valence-electron chi connectivity index (χ1n) is 12.7. The molecular weight excluding hydrogens is 394 g/mol. The second-order valence-corrected chi connectivity index (χ2v) is 9.97. The van der Waals surface area contributed by atoms with Crippen LogP contribution in [0.4, 0.5) is 4.79 Å². The van der Waals surface area contributed by atoms with E-state index < -0.39 is 0 Å². The molecule has 1 aliphatic carbocycles. The Labute approximate surface area is 192 Å². The topological polar surface area (TPSA) is 44.4 Å². The highest BCUT2D eigenvalue weighted by atomic mass is 16.2. The molecule has 3 aliphatic rings. The van der Waals surface area contributed by atoms with Crippen molar-refractivity contribution in [2.24, 2.45) is 5.92 Å². The Morgan fingerprint density at radius 2 is 1.50 bits per heavy atom. The van der Waals surface area contributed by atoms with E-state index in [0.29, 0.717) is 18.1 Å². The van der Waals surface area contributed by atoms with E-state index in [2.05, 4.69) is 64.1 Å². The lowest BCUT2D eigenvalue weighted by Gasteiger charge is -2.31.